The lowest BCUT2D eigenvalue weighted by Crippen LogP contribution is -2.54. The number of benzene rings is 1. The zero-order chi connectivity index (χ0) is 22.6. The van der Waals surface area contributed by atoms with Crippen molar-refractivity contribution in [2.45, 2.75) is 32.1 Å². The van der Waals surface area contributed by atoms with Crippen LogP contribution in [0, 0.1) is 0 Å². The minimum Gasteiger partial charge on any atom is -0.422 e. The molecule has 0 spiro atoms. The molecule has 0 bridgehead atoms. The summed E-state index contributed by atoms with van der Waals surface area (Å²) in [7, 11) is 0. The molecule has 9 heteroatoms. The molecule has 1 N–H and O–H groups in total. The first-order valence-corrected chi connectivity index (χ1v) is 10.3. The van der Waals surface area contributed by atoms with Gasteiger partial charge in [0.05, 0.1) is 16.8 Å². The molecule has 0 saturated carbocycles. The Bertz CT molecular complexity index is 1370. The largest absolute Gasteiger partial charge is 0.422 e. The highest BCUT2D eigenvalue weighted by molar-refractivity contribution is 5.84. The Balaban J connectivity index is 1.56. The maximum absolute atomic E-state index is 13.3. The normalized spacial score (nSPS) is 19.7. The quantitative estimate of drug-likeness (QED) is 0.469. The van der Waals surface area contributed by atoms with Gasteiger partial charge in [0, 0.05) is 54.7 Å². The minimum absolute atomic E-state index is 0.117. The van der Waals surface area contributed by atoms with Crippen LogP contribution in [-0.4, -0.2) is 34.6 Å². The molecular weight excluding hydrogens is 421 g/mol. The zero-order valence-corrected chi connectivity index (χ0v) is 17.5. The highest BCUT2D eigenvalue weighted by Crippen LogP contribution is 2.33. The molecule has 1 aliphatic heterocycles. The van der Waals surface area contributed by atoms with Gasteiger partial charge in [-0.3, -0.25) is 0 Å². The molecule has 6 nitrogen and oxygen atoms in total. The number of hydrogen-bond donors (Lipinski definition) is 1. The van der Waals surface area contributed by atoms with E-state index < -0.39 is 17.4 Å². The van der Waals surface area contributed by atoms with E-state index in [0.717, 1.165) is 24.8 Å². The molecule has 32 heavy (non-hydrogen) atoms. The average Bonchev–Trinajstić information content (AvgIpc) is 3.15. The lowest BCUT2D eigenvalue weighted by atomic mass is 10.1. The molecule has 4 heterocycles. The average molecular weight is 442 g/mol. The molecule has 0 radical (unpaired) electrons. The van der Waals surface area contributed by atoms with Crippen LogP contribution in [0.4, 0.5) is 18.9 Å². The lowest BCUT2D eigenvalue weighted by Gasteiger charge is -2.37. The number of halogens is 3. The van der Waals surface area contributed by atoms with Crippen molar-refractivity contribution in [3.8, 4) is 11.3 Å². The van der Waals surface area contributed by atoms with Crippen molar-refractivity contribution < 1.29 is 17.6 Å². The van der Waals surface area contributed by atoms with Gasteiger partial charge in [-0.25, -0.2) is 9.78 Å². The second kappa shape index (κ2) is 7.37. The van der Waals surface area contributed by atoms with Gasteiger partial charge in [-0.15, -0.1) is 0 Å². The summed E-state index contributed by atoms with van der Waals surface area (Å²) in [4.78, 5) is 19.1. The smallest absolute Gasteiger partial charge is 0.419 e. The molecule has 4 aromatic rings. The van der Waals surface area contributed by atoms with E-state index in [1.807, 2.05) is 18.2 Å². The number of nitrogens with one attached hydrogen (secondary N) is 1. The van der Waals surface area contributed by atoms with Crippen LogP contribution >= 0.6 is 0 Å². The van der Waals surface area contributed by atoms with E-state index in [1.165, 1.54) is 22.9 Å². The van der Waals surface area contributed by atoms with Gasteiger partial charge in [-0.1, -0.05) is 0 Å². The van der Waals surface area contributed by atoms with E-state index >= 15 is 0 Å². The van der Waals surface area contributed by atoms with Crippen molar-refractivity contribution in [3.63, 3.8) is 0 Å². The topological polar surface area (TPSA) is 62.8 Å². The third kappa shape index (κ3) is 3.62. The van der Waals surface area contributed by atoms with Gasteiger partial charge in [0.15, 0.2) is 0 Å². The Morgan fingerprint density at radius 1 is 1.12 bits per heavy atom. The Morgan fingerprint density at radius 2 is 1.88 bits per heavy atom. The Labute approximate surface area is 181 Å². The summed E-state index contributed by atoms with van der Waals surface area (Å²) in [5.41, 5.74) is -0.135. The van der Waals surface area contributed by atoms with Gasteiger partial charge in [0.25, 0.3) is 0 Å². The van der Waals surface area contributed by atoms with Crippen LogP contribution in [0.2, 0.25) is 0 Å². The molecule has 0 aliphatic carbocycles. The number of aromatic nitrogens is 2. The predicted octanol–water partition coefficient (Wildman–Crippen LogP) is 4.31. The summed E-state index contributed by atoms with van der Waals surface area (Å²) < 4.78 is 46.8. The first-order chi connectivity index (χ1) is 15.2. The first kappa shape index (κ1) is 20.6. The van der Waals surface area contributed by atoms with Crippen molar-refractivity contribution in [2.75, 3.05) is 18.0 Å². The highest BCUT2D eigenvalue weighted by atomic mass is 19.4. The van der Waals surface area contributed by atoms with Gasteiger partial charge < -0.3 is 19.0 Å². The van der Waals surface area contributed by atoms with Crippen molar-refractivity contribution in [2.24, 2.45) is 0 Å². The third-order valence-electron chi connectivity index (χ3n) is 5.71. The van der Waals surface area contributed by atoms with Crippen molar-refractivity contribution in [3.05, 3.63) is 64.8 Å². The zero-order valence-electron chi connectivity index (χ0n) is 17.5. The number of rotatable bonds is 2. The molecule has 5 rings (SSSR count). The molecule has 1 aliphatic rings. The van der Waals surface area contributed by atoms with Crippen molar-refractivity contribution >= 4 is 22.3 Å². The van der Waals surface area contributed by atoms with Crippen molar-refractivity contribution in [1.82, 2.24) is 14.7 Å². The Kier molecular flexibility index (Phi) is 4.74. The van der Waals surface area contributed by atoms with Gasteiger partial charge in [-0.2, -0.15) is 13.2 Å². The predicted molar refractivity (Wildman–Crippen MR) is 116 cm³/mol. The molecule has 1 aromatic carbocycles. The number of hydrogen-bond acceptors (Lipinski definition) is 5. The van der Waals surface area contributed by atoms with Gasteiger partial charge in [0.1, 0.15) is 11.2 Å². The van der Waals surface area contributed by atoms with Crippen LogP contribution in [0.3, 0.4) is 0 Å². The van der Waals surface area contributed by atoms with E-state index in [-0.39, 0.29) is 16.9 Å². The van der Waals surface area contributed by atoms with Gasteiger partial charge in [0.2, 0.25) is 0 Å². The number of pyridine rings is 1. The maximum Gasteiger partial charge on any atom is 0.419 e. The Hall–Kier alpha value is -3.33. The summed E-state index contributed by atoms with van der Waals surface area (Å²) in [6.45, 7) is 5.91. The SMILES string of the molecule is CC1CN(c2ccc3cc(-c4cn5cccc(C(F)(F)F)c5n4)c(=O)oc3c2)CC(C)N1. The summed E-state index contributed by atoms with van der Waals surface area (Å²) in [5.74, 6) is 0. The van der Waals surface area contributed by atoms with E-state index in [9.17, 15) is 18.0 Å². The molecule has 166 valence electrons. The number of imidazole rings is 1. The number of anilines is 1. The van der Waals surface area contributed by atoms with Gasteiger partial charge in [-0.05, 0) is 44.2 Å². The molecule has 2 atom stereocenters. The summed E-state index contributed by atoms with van der Waals surface area (Å²) >= 11 is 0. The third-order valence-corrected chi connectivity index (χ3v) is 5.71. The molecule has 2 unspecified atom stereocenters. The number of alkyl halides is 3. The molecular formula is C23H21F3N4O2. The van der Waals surface area contributed by atoms with Crippen molar-refractivity contribution in [1.29, 1.82) is 0 Å². The van der Waals surface area contributed by atoms with Crippen LogP contribution in [0.15, 0.2) is 58.0 Å². The maximum atomic E-state index is 13.3. The van der Waals surface area contributed by atoms with E-state index in [0.29, 0.717) is 23.1 Å². The fourth-order valence-corrected chi connectivity index (χ4v) is 4.38. The van der Waals surface area contributed by atoms with Crippen LogP contribution in [-0.2, 0) is 6.18 Å². The Morgan fingerprint density at radius 3 is 2.59 bits per heavy atom. The first-order valence-electron chi connectivity index (χ1n) is 10.3. The fourth-order valence-electron chi connectivity index (χ4n) is 4.38. The number of nitrogens with zero attached hydrogens (tertiary/aromatic N) is 3. The van der Waals surface area contributed by atoms with Crippen LogP contribution in [0.5, 0.6) is 0 Å². The molecule has 1 fully saturated rings. The van der Waals surface area contributed by atoms with Crippen LogP contribution < -0.4 is 15.8 Å². The summed E-state index contributed by atoms with van der Waals surface area (Å²) in [5, 5.41) is 4.15. The summed E-state index contributed by atoms with van der Waals surface area (Å²) in [6, 6.07) is 10.2. The van der Waals surface area contributed by atoms with E-state index in [1.54, 1.807) is 6.07 Å². The molecule has 3 aromatic heterocycles. The second-order valence-electron chi connectivity index (χ2n) is 8.32. The monoisotopic (exact) mass is 442 g/mol. The number of fused-ring (bicyclic) bond motifs is 2. The highest BCUT2D eigenvalue weighted by Gasteiger charge is 2.34. The fraction of sp³-hybridized carbons (Fsp3) is 0.304. The minimum atomic E-state index is -4.55. The van der Waals surface area contributed by atoms with Gasteiger partial charge >= 0.3 is 11.8 Å². The van der Waals surface area contributed by atoms with Crippen LogP contribution in [0.1, 0.15) is 19.4 Å². The van der Waals surface area contributed by atoms with E-state index in [2.05, 4.69) is 29.0 Å². The lowest BCUT2D eigenvalue weighted by molar-refractivity contribution is -0.136. The second-order valence-corrected chi connectivity index (χ2v) is 8.32. The molecule has 1 saturated heterocycles. The molecule has 0 amide bonds. The number of piperazine rings is 1. The van der Waals surface area contributed by atoms with E-state index in [4.69, 9.17) is 4.42 Å². The summed E-state index contributed by atoms with van der Waals surface area (Å²) in [6.07, 6.45) is -1.68. The van der Waals surface area contributed by atoms with Crippen LogP contribution in [0.25, 0.3) is 27.9 Å². The standard InChI is InChI=1S/C23H21F3N4O2/c1-13-10-30(11-14(2)27-13)16-6-5-15-8-17(22(31)32-20(15)9-16)19-12-29-7-3-4-18(21(29)28-19)23(24,25)26/h3-9,12-14,27H,10-11H2,1-2H3.